The maximum Gasteiger partial charge on any atom is 0.187 e. The van der Waals surface area contributed by atoms with Crippen molar-refractivity contribution in [1.29, 1.82) is 0 Å². The fourth-order valence-corrected chi connectivity index (χ4v) is 5.50. The van der Waals surface area contributed by atoms with E-state index >= 15 is 0 Å². The van der Waals surface area contributed by atoms with Crippen molar-refractivity contribution in [2.75, 3.05) is 5.75 Å². The SMILES string of the molecule is C[C@@H]1[C@H](CSc2ncccn2)O[C@H](c2ccc(-c3cccc(CN)c3)cc2)O[C@@H]1c1ccc(CO)cc1. The predicted octanol–water partition coefficient (Wildman–Crippen LogP) is 5.68. The van der Waals surface area contributed by atoms with Crippen molar-refractivity contribution < 1.29 is 14.6 Å². The summed E-state index contributed by atoms with van der Waals surface area (Å²) in [6, 6.07) is 26.4. The Balaban J connectivity index is 1.39. The second-order valence-electron chi connectivity index (χ2n) is 9.19. The Morgan fingerprint density at radius 1 is 0.838 bits per heavy atom. The monoisotopic (exact) mass is 513 g/mol. The first-order valence-electron chi connectivity index (χ1n) is 12.4. The van der Waals surface area contributed by atoms with Gasteiger partial charge in [0.1, 0.15) is 0 Å². The van der Waals surface area contributed by atoms with Crippen LogP contribution in [0, 0.1) is 5.92 Å². The van der Waals surface area contributed by atoms with Crippen LogP contribution in [0.3, 0.4) is 0 Å². The van der Waals surface area contributed by atoms with Gasteiger partial charge in [0.2, 0.25) is 0 Å². The molecule has 0 saturated carbocycles. The van der Waals surface area contributed by atoms with Gasteiger partial charge in [-0.3, -0.25) is 0 Å². The molecule has 3 N–H and O–H groups in total. The standard InChI is InChI=1S/C30H31N3O3S/c1-20-27(19-37-30-32-14-3-15-33-30)35-29(36-28(20)24-8-6-21(18-34)7-9-24)25-12-10-23(11-13-25)26-5-2-4-22(16-26)17-31/h2-16,20,27-29,34H,17-19,31H2,1H3/t20-,27+,28+,29+/m1/s1. The summed E-state index contributed by atoms with van der Waals surface area (Å²) < 4.78 is 13.1. The molecular weight excluding hydrogens is 482 g/mol. The van der Waals surface area contributed by atoms with Crippen molar-refractivity contribution >= 4 is 11.8 Å². The molecular formula is C30H31N3O3S. The van der Waals surface area contributed by atoms with Crippen molar-refractivity contribution in [3.8, 4) is 11.1 Å². The topological polar surface area (TPSA) is 90.5 Å². The largest absolute Gasteiger partial charge is 0.392 e. The molecule has 0 amide bonds. The van der Waals surface area contributed by atoms with Crippen molar-refractivity contribution in [3.05, 3.63) is 114 Å². The van der Waals surface area contributed by atoms with Crippen LogP contribution in [0.4, 0.5) is 0 Å². The van der Waals surface area contributed by atoms with Gasteiger partial charge in [-0.1, -0.05) is 85.4 Å². The van der Waals surface area contributed by atoms with Crippen LogP contribution in [0.25, 0.3) is 11.1 Å². The summed E-state index contributed by atoms with van der Waals surface area (Å²) in [5, 5.41) is 10.2. The molecule has 4 aromatic rings. The smallest absolute Gasteiger partial charge is 0.187 e. The number of hydrogen-bond donors (Lipinski definition) is 2. The van der Waals surface area contributed by atoms with Gasteiger partial charge in [-0.25, -0.2) is 9.97 Å². The summed E-state index contributed by atoms with van der Waals surface area (Å²) in [6.07, 6.45) is 2.77. The van der Waals surface area contributed by atoms with Crippen LogP contribution in [0.5, 0.6) is 0 Å². The highest BCUT2D eigenvalue weighted by Gasteiger charge is 2.38. The molecule has 0 unspecified atom stereocenters. The van der Waals surface area contributed by atoms with Crippen LogP contribution in [0.2, 0.25) is 0 Å². The molecule has 7 heteroatoms. The third-order valence-electron chi connectivity index (χ3n) is 6.72. The van der Waals surface area contributed by atoms with Gasteiger partial charge in [-0.15, -0.1) is 0 Å². The van der Waals surface area contributed by atoms with Crippen molar-refractivity contribution in [2.45, 2.75) is 43.7 Å². The predicted molar refractivity (Wildman–Crippen MR) is 145 cm³/mol. The van der Waals surface area contributed by atoms with E-state index in [4.69, 9.17) is 15.2 Å². The lowest BCUT2D eigenvalue weighted by Crippen LogP contribution is -2.38. The first-order chi connectivity index (χ1) is 18.1. The molecule has 1 aliphatic rings. The minimum Gasteiger partial charge on any atom is -0.392 e. The van der Waals surface area contributed by atoms with E-state index in [1.165, 1.54) is 0 Å². The van der Waals surface area contributed by atoms with E-state index in [2.05, 4.69) is 53.3 Å². The fourth-order valence-electron chi connectivity index (χ4n) is 4.54. The van der Waals surface area contributed by atoms with Gasteiger partial charge in [0.05, 0.1) is 18.8 Å². The van der Waals surface area contributed by atoms with Crippen molar-refractivity contribution in [2.24, 2.45) is 11.7 Å². The summed E-state index contributed by atoms with van der Waals surface area (Å²) >= 11 is 1.59. The van der Waals surface area contributed by atoms with Crippen LogP contribution < -0.4 is 5.73 Å². The maximum absolute atomic E-state index is 9.46. The Labute approximate surface area is 221 Å². The molecule has 0 spiro atoms. The van der Waals surface area contributed by atoms with Crippen molar-refractivity contribution in [1.82, 2.24) is 9.97 Å². The van der Waals surface area contributed by atoms with Crippen LogP contribution in [0.15, 0.2) is 96.4 Å². The van der Waals surface area contributed by atoms with Gasteiger partial charge in [0, 0.05) is 36.2 Å². The normalized spacial score (nSPS) is 21.6. The summed E-state index contributed by atoms with van der Waals surface area (Å²) in [5.41, 5.74) is 12.1. The maximum atomic E-state index is 9.46. The zero-order valence-corrected chi connectivity index (χ0v) is 21.6. The number of benzene rings is 3. The van der Waals surface area contributed by atoms with Crippen molar-refractivity contribution in [3.63, 3.8) is 0 Å². The van der Waals surface area contributed by atoms with Gasteiger partial charge >= 0.3 is 0 Å². The first kappa shape index (κ1) is 25.6. The van der Waals surface area contributed by atoms with E-state index in [9.17, 15) is 5.11 Å². The number of hydrogen-bond acceptors (Lipinski definition) is 7. The van der Waals surface area contributed by atoms with E-state index in [0.717, 1.165) is 38.5 Å². The Hall–Kier alpha value is -3.07. The minimum absolute atomic E-state index is 0.0178. The van der Waals surface area contributed by atoms with E-state index in [1.807, 2.05) is 42.5 Å². The average molecular weight is 514 g/mol. The zero-order valence-electron chi connectivity index (χ0n) is 20.7. The molecule has 1 fully saturated rings. The number of nitrogens with zero attached hydrogens (tertiary/aromatic N) is 2. The molecule has 6 nitrogen and oxygen atoms in total. The van der Waals surface area contributed by atoms with E-state index in [1.54, 1.807) is 24.2 Å². The summed E-state index contributed by atoms with van der Waals surface area (Å²) in [5.74, 6) is 0.811. The number of aromatic nitrogens is 2. The first-order valence-corrected chi connectivity index (χ1v) is 13.4. The van der Waals surface area contributed by atoms with Gasteiger partial charge < -0.3 is 20.3 Å². The quantitative estimate of drug-likeness (QED) is 0.231. The Morgan fingerprint density at radius 3 is 2.27 bits per heavy atom. The van der Waals surface area contributed by atoms with Gasteiger partial charge in [-0.2, -0.15) is 0 Å². The Morgan fingerprint density at radius 2 is 1.57 bits per heavy atom. The van der Waals surface area contributed by atoms with Crippen LogP contribution in [-0.4, -0.2) is 26.9 Å². The highest BCUT2D eigenvalue weighted by Crippen LogP contribution is 2.43. The molecule has 5 rings (SSSR count). The molecule has 0 radical (unpaired) electrons. The zero-order chi connectivity index (χ0) is 25.6. The molecule has 190 valence electrons. The average Bonchev–Trinajstić information content (AvgIpc) is 2.97. The number of aliphatic hydroxyl groups excluding tert-OH is 1. The number of rotatable bonds is 8. The van der Waals surface area contributed by atoms with Crippen LogP contribution in [-0.2, 0) is 22.6 Å². The molecule has 1 saturated heterocycles. The van der Waals surface area contributed by atoms with Gasteiger partial charge in [-0.05, 0) is 39.9 Å². The minimum atomic E-state index is -0.509. The number of aliphatic hydroxyl groups is 1. The van der Waals surface area contributed by atoms with Crippen LogP contribution >= 0.6 is 11.8 Å². The Kier molecular flexibility index (Phi) is 8.28. The highest BCUT2D eigenvalue weighted by molar-refractivity contribution is 7.99. The summed E-state index contributed by atoms with van der Waals surface area (Å²) in [6.45, 7) is 2.69. The lowest BCUT2D eigenvalue weighted by atomic mass is 9.91. The van der Waals surface area contributed by atoms with Gasteiger partial charge in [0.25, 0.3) is 0 Å². The third-order valence-corrected chi connectivity index (χ3v) is 7.69. The molecule has 2 heterocycles. The number of nitrogens with two attached hydrogens (primary N) is 1. The Bertz CT molecular complexity index is 1290. The second kappa shape index (κ2) is 12.0. The molecule has 37 heavy (non-hydrogen) atoms. The lowest BCUT2D eigenvalue weighted by Gasteiger charge is -2.41. The number of ether oxygens (including phenoxy) is 2. The summed E-state index contributed by atoms with van der Waals surface area (Å²) in [7, 11) is 0. The molecule has 4 atom stereocenters. The molecule has 3 aromatic carbocycles. The lowest BCUT2D eigenvalue weighted by molar-refractivity contribution is -0.268. The highest BCUT2D eigenvalue weighted by atomic mass is 32.2. The third kappa shape index (κ3) is 6.09. The van der Waals surface area contributed by atoms with E-state index < -0.39 is 6.29 Å². The van der Waals surface area contributed by atoms with Gasteiger partial charge in [0.15, 0.2) is 11.4 Å². The molecule has 1 aliphatic heterocycles. The molecule has 1 aromatic heterocycles. The van der Waals surface area contributed by atoms with E-state index in [0.29, 0.717) is 12.3 Å². The summed E-state index contributed by atoms with van der Waals surface area (Å²) in [4.78, 5) is 8.69. The molecule has 0 aliphatic carbocycles. The van der Waals surface area contributed by atoms with E-state index in [-0.39, 0.29) is 24.7 Å². The number of thioether (sulfide) groups is 1. The second-order valence-corrected chi connectivity index (χ2v) is 10.2. The van der Waals surface area contributed by atoms with Crippen LogP contribution in [0.1, 0.15) is 41.6 Å². The molecule has 0 bridgehead atoms. The fraction of sp³-hybridized carbons (Fsp3) is 0.267.